The standard InChI is InChI=1S/C32H32N2O5/c1-32(30(35)36,39-29-9-3-2-4-10-29)20-23-12-15-28(16-13-23)38-18-17-27-21-33-31(37)34(27)22-24-11-14-25-7-5-6-8-26(25)19-24/h2-16,19,27H,17-18,20-22H2,1H3,(H,33,37)(H,35,36). The third kappa shape index (κ3) is 6.32. The van der Waals surface area contributed by atoms with Crippen LogP contribution in [0.1, 0.15) is 24.5 Å². The average molecular weight is 525 g/mol. The lowest BCUT2D eigenvalue weighted by molar-refractivity contribution is -0.153. The molecule has 39 heavy (non-hydrogen) atoms. The van der Waals surface area contributed by atoms with Gasteiger partial charge in [-0.15, -0.1) is 0 Å². The predicted molar refractivity (Wildman–Crippen MR) is 150 cm³/mol. The number of benzene rings is 4. The molecule has 1 aliphatic rings. The molecule has 0 aromatic heterocycles. The van der Waals surface area contributed by atoms with Crippen LogP contribution in [0.25, 0.3) is 10.8 Å². The van der Waals surface area contributed by atoms with Gasteiger partial charge in [-0.3, -0.25) is 0 Å². The van der Waals surface area contributed by atoms with Gasteiger partial charge in [0.15, 0.2) is 0 Å². The second-order valence-corrected chi connectivity index (χ2v) is 10.1. The number of rotatable bonds is 11. The van der Waals surface area contributed by atoms with Crippen LogP contribution in [0.3, 0.4) is 0 Å². The van der Waals surface area contributed by atoms with Crippen molar-refractivity contribution in [2.45, 2.75) is 38.0 Å². The number of carbonyl (C=O) groups excluding carboxylic acids is 1. The number of urea groups is 1. The average Bonchev–Trinajstić information content (AvgIpc) is 3.28. The van der Waals surface area contributed by atoms with E-state index >= 15 is 0 Å². The molecule has 7 heteroatoms. The molecule has 1 heterocycles. The van der Waals surface area contributed by atoms with Crippen molar-refractivity contribution in [2.75, 3.05) is 13.2 Å². The van der Waals surface area contributed by atoms with Gasteiger partial charge in [-0.25, -0.2) is 9.59 Å². The molecule has 4 aromatic rings. The Bertz CT molecular complexity index is 1440. The van der Waals surface area contributed by atoms with Crippen LogP contribution in [0.4, 0.5) is 4.79 Å². The van der Waals surface area contributed by atoms with Gasteiger partial charge in [0.1, 0.15) is 11.5 Å². The molecule has 5 rings (SSSR count). The Labute approximate surface area is 228 Å². The van der Waals surface area contributed by atoms with E-state index in [1.807, 2.05) is 59.5 Å². The zero-order valence-electron chi connectivity index (χ0n) is 21.9. The third-order valence-corrected chi connectivity index (χ3v) is 7.08. The van der Waals surface area contributed by atoms with Crippen molar-refractivity contribution in [1.29, 1.82) is 0 Å². The van der Waals surface area contributed by atoms with E-state index in [0.717, 1.165) is 16.5 Å². The molecule has 4 aromatic carbocycles. The number of carboxylic acids is 1. The van der Waals surface area contributed by atoms with Gasteiger partial charge < -0.3 is 24.8 Å². The molecule has 2 amide bonds. The number of amides is 2. The van der Waals surface area contributed by atoms with E-state index in [0.29, 0.717) is 37.6 Å². The lowest BCUT2D eigenvalue weighted by atomic mass is 9.96. The van der Waals surface area contributed by atoms with Crippen LogP contribution in [0.2, 0.25) is 0 Å². The summed E-state index contributed by atoms with van der Waals surface area (Å²) < 4.78 is 11.8. The Balaban J connectivity index is 1.15. The highest BCUT2D eigenvalue weighted by Crippen LogP contribution is 2.25. The van der Waals surface area contributed by atoms with Crippen molar-refractivity contribution < 1.29 is 24.2 Å². The topological polar surface area (TPSA) is 88.1 Å². The fourth-order valence-electron chi connectivity index (χ4n) is 4.89. The summed E-state index contributed by atoms with van der Waals surface area (Å²) >= 11 is 0. The van der Waals surface area contributed by atoms with Crippen LogP contribution in [-0.4, -0.2) is 46.8 Å². The summed E-state index contributed by atoms with van der Waals surface area (Å²) in [5.41, 5.74) is 0.521. The van der Waals surface area contributed by atoms with E-state index < -0.39 is 11.6 Å². The number of ether oxygens (including phenoxy) is 2. The second kappa shape index (κ2) is 11.5. The van der Waals surface area contributed by atoms with Gasteiger partial charge in [0, 0.05) is 25.9 Å². The van der Waals surface area contributed by atoms with Gasteiger partial charge in [-0.1, -0.05) is 66.7 Å². The highest BCUT2D eigenvalue weighted by molar-refractivity contribution is 5.83. The molecule has 0 aliphatic carbocycles. The number of fused-ring (bicyclic) bond motifs is 1. The smallest absolute Gasteiger partial charge is 0.348 e. The number of nitrogens with zero attached hydrogens (tertiary/aromatic N) is 1. The molecule has 1 fully saturated rings. The molecular formula is C32H32N2O5. The first kappa shape index (κ1) is 26.1. The van der Waals surface area contributed by atoms with Crippen LogP contribution in [0.5, 0.6) is 11.5 Å². The van der Waals surface area contributed by atoms with E-state index in [1.54, 1.807) is 19.1 Å². The maximum Gasteiger partial charge on any atom is 0.348 e. The molecule has 2 unspecified atom stereocenters. The summed E-state index contributed by atoms with van der Waals surface area (Å²) in [6.45, 7) is 3.16. The molecular weight excluding hydrogens is 492 g/mol. The van der Waals surface area contributed by atoms with E-state index in [-0.39, 0.29) is 18.5 Å². The molecule has 0 saturated carbocycles. The first-order valence-corrected chi connectivity index (χ1v) is 13.1. The van der Waals surface area contributed by atoms with Gasteiger partial charge in [0.05, 0.1) is 12.6 Å². The monoisotopic (exact) mass is 524 g/mol. The quantitative estimate of drug-likeness (QED) is 0.264. The van der Waals surface area contributed by atoms with E-state index in [9.17, 15) is 14.7 Å². The van der Waals surface area contributed by atoms with Crippen molar-refractivity contribution >= 4 is 22.8 Å². The van der Waals surface area contributed by atoms with Crippen LogP contribution in [0, 0.1) is 0 Å². The summed E-state index contributed by atoms with van der Waals surface area (Å²) in [6, 6.07) is 30.8. The molecule has 0 spiro atoms. The van der Waals surface area contributed by atoms with Gasteiger partial charge in [-0.2, -0.15) is 0 Å². The summed E-state index contributed by atoms with van der Waals surface area (Å²) in [5, 5.41) is 15.1. The molecule has 7 nitrogen and oxygen atoms in total. The lowest BCUT2D eigenvalue weighted by Crippen LogP contribution is -2.43. The highest BCUT2D eigenvalue weighted by atomic mass is 16.5. The van der Waals surface area contributed by atoms with E-state index in [4.69, 9.17) is 9.47 Å². The molecule has 2 atom stereocenters. The Kier molecular flexibility index (Phi) is 7.68. The fourth-order valence-corrected chi connectivity index (χ4v) is 4.89. The van der Waals surface area contributed by atoms with Crippen molar-refractivity contribution in [2.24, 2.45) is 0 Å². The minimum absolute atomic E-state index is 0.0367. The summed E-state index contributed by atoms with van der Waals surface area (Å²) in [5.74, 6) is 0.176. The minimum atomic E-state index is -1.40. The van der Waals surface area contributed by atoms with Gasteiger partial charge in [0.2, 0.25) is 5.60 Å². The van der Waals surface area contributed by atoms with Crippen molar-refractivity contribution in [3.05, 3.63) is 108 Å². The maximum absolute atomic E-state index is 12.5. The zero-order chi connectivity index (χ0) is 27.2. The second-order valence-electron chi connectivity index (χ2n) is 10.1. The number of hydrogen-bond acceptors (Lipinski definition) is 4. The SMILES string of the molecule is CC(Cc1ccc(OCCC2CNC(=O)N2Cc2ccc3ccccc3c2)cc1)(Oc1ccccc1)C(=O)O. The largest absolute Gasteiger partial charge is 0.494 e. The van der Waals surface area contributed by atoms with Gasteiger partial charge in [0.25, 0.3) is 0 Å². The first-order chi connectivity index (χ1) is 18.9. The van der Waals surface area contributed by atoms with E-state index in [1.165, 1.54) is 5.39 Å². The molecule has 2 N–H and O–H groups in total. The van der Waals surface area contributed by atoms with Crippen molar-refractivity contribution in [1.82, 2.24) is 10.2 Å². The molecule has 1 aliphatic heterocycles. The van der Waals surface area contributed by atoms with E-state index in [2.05, 4.69) is 35.6 Å². The number of nitrogens with one attached hydrogen (secondary N) is 1. The Morgan fingerprint density at radius 1 is 0.923 bits per heavy atom. The number of para-hydroxylation sites is 1. The maximum atomic E-state index is 12.5. The van der Waals surface area contributed by atoms with Crippen LogP contribution < -0.4 is 14.8 Å². The fraction of sp³-hybridized carbons (Fsp3) is 0.250. The van der Waals surface area contributed by atoms with Crippen molar-refractivity contribution in [3.63, 3.8) is 0 Å². The summed E-state index contributed by atoms with van der Waals surface area (Å²) in [4.78, 5) is 26.4. The van der Waals surface area contributed by atoms with Crippen molar-refractivity contribution in [3.8, 4) is 11.5 Å². The normalized spacial score (nSPS) is 16.5. The first-order valence-electron chi connectivity index (χ1n) is 13.1. The molecule has 0 radical (unpaired) electrons. The Morgan fingerprint density at radius 2 is 1.62 bits per heavy atom. The molecule has 0 bridgehead atoms. The number of carboxylic acid groups (broad SMARTS) is 1. The summed E-state index contributed by atoms with van der Waals surface area (Å²) in [6.07, 6.45) is 0.896. The number of aliphatic carboxylic acids is 1. The Hall–Kier alpha value is -4.52. The van der Waals surface area contributed by atoms with Gasteiger partial charge >= 0.3 is 12.0 Å². The van der Waals surface area contributed by atoms with Crippen LogP contribution in [-0.2, 0) is 17.8 Å². The number of hydrogen-bond donors (Lipinski definition) is 2. The Morgan fingerprint density at radius 3 is 2.36 bits per heavy atom. The molecule has 200 valence electrons. The zero-order valence-corrected chi connectivity index (χ0v) is 21.9. The minimum Gasteiger partial charge on any atom is -0.494 e. The van der Waals surface area contributed by atoms with Crippen LogP contribution >= 0.6 is 0 Å². The highest BCUT2D eigenvalue weighted by Gasteiger charge is 2.36. The predicted octanol–water partition coefficient (Wildman–Crippen LogP) is 5.67. The van der Waals surface area contributed by atoms with Crippen LogP contribution in [0.15, 0.2) is 97.1 Å². The summed E-state index contributed by atoms with van der Waals surface area (Å²) in [7, 11) is 0. The number of carbonyl (C=O) groups is 2. The third-order valence-electron chi connectivity index (χ3n) is 7.08. The molecule has 1 saturated heterocycles. The lowest BCUT2D eigenvalue weighted by Gasteiger charge is -2.26. The van der Waals surface area contributed by atoms with Gasteiger partial charge in [-0.05, 0) is 59.2 Å².